The van der Waals surface area contributed by atoms with E-state index in [0.717, 1.165) is 35.2 Å². The van der Waals surface area contributed by atoms with E-state index in [2.05, 4.69) is 15.6 Å². The van der Waals surface area contributed by atoms with Crippen LogP contribution in [0.2, 0.25) is 0 Å². The molecular formula is C28H31N3O5. The lowest BCUT2D eigenvalue weighted by Crippen LogP contribution is -2.32. The van der Waals surface area contributed by atoms with Gasteiger partial charge >= 0.3 is 6.09 Å². The van der Waals surface area contributed by atoms with Gasteiger partial charge in [-0.15, -0.1) is 0 Å². The van der Waals surface area contributed by atoms with E-state index in [1.165, 1.54) is 0 Å². The topological polar surface area (TPSA) is 98.8 Å². The lowest BCUT2D eigenvalue weighted by Gasteiger charge is -2.19. The summed E-state index contributed by atoms with van der Waals surface area (Å²) < 4.78 is 16.1. The molecular weight excluding hydrogens is 458 g/mol. The van der Waals surface area contributed by atoms with Gasteiger partial charge in [0.15, 0.2) is 11.5 Å². The highest BCUT2D eigenvalue weighted by molar-refractivity contribution is 6.01. The van der Waals surface area contributed by atoms with Crippen molar-refractivity contribution in [1.82, 2.24) is 10.3 Å². The molecule has 1 aliphatic carbocycles. The van der Waals surface area contributed by atoms with Crippen LogP contribution in [-0.4, -0.2) is 29.4 Å². The van der Waals surface area contributed by atoms with Gasteiger partial charge in [-0.3, -0.25) is 4.79 Å². The Morgan fingerprint density at radius 2 is 1.78 bits per heavy atom. The number of ether oxygens (including phenoxy) is 3. The zero-order chi connectivity index (χ0) is 25.3. The van der Waals surface area contributed by atoms with Crippen molar-refractivity contribution in [3.05, 3.63) is 71.8 Å². The van der Waals surface area contributed by atoms with Crippen LogP contribution >= 0.6 is 0 Å². The van der Waals surface area contributed by atoms with E-state index in [1.54, 1.807) is 6.07 Å². The van der Waals surface area contributed by atoms with E-state index in [4.69, 9.17) is 14.2 Å². The number of aromatic nitrogens is 1. The summed E-state index contributed by atoms with van der Waals surface area (Å²) in [6.07, 6.45) is 1.10. The van der Waals surface area contributed by atoms with E-state index in [0.29, 0.717) is 23.9 Å². The first-order chi connectivity index (χ1) is 17.2. The molecule has 1 fully saturated rings. The number of hydrogen-bond donors (Lipinski definition) is 2. The molecule has 0 radical (unpaired) electrons. The minimum Gasteiger partial charge on any atom is -0.454 e. The van der Waals surface area contributed by atoms with Gasteiger partial charge in [-0.25, -0.2) is 9.78 Å². The average Bonchev–Trinajstić information content (AvgIpc) is 3.53. The summed E-state index contributed by atoms with van der Waals surface area (Å²) in [7, 11) is 0. The molecule has 2 amide bonds. The number of carbonyl (C=O) groups is 2. The summed E-state index contributed by atoms with van der Waals surface area (Å²) in [5, 5.41) is 5.75. The summed E-state index contributed by atoms with van der Waals surface area (Å²) in [5.74, 6) is 1.81. The largest absolute Gasteiger partial charge is 0.454 e. The van der Waals surface area contributed by atoms with Crippen LogP contribution in [0, 0.1) is 0 Å². The van der Waals surface area contributed by atoms with E-state index < -0.39 is 17.1 Å². The van der Waals surface area contributed by atoms with Gasteiger partial charge in [0.25, 0.3) is 0 Å². The first kappa shape index (κ1) is 23.7. The highest BCUT2D eigenvalue weighted by Crippen LogP contribution is 2.51. The number of rotatable bonds is 6. The Labute approximate surface area is 211 Å². The number of nitrogens with one attached hydrogen (secondary N) is 2. The number of nitrogens with zero attached hydrogens (tertiary/aromatic N) is 1. The second-order valence-electron chi connectivity index (χ2n) is 10.1. The van der Waals surface area contributed by atoms with E-state index in [9.17, 15) is 9.59 Å². The SMILES string of the molecule is CC(C)(C)OC(=O)NCc1ccc(-c2cccc(NC(=O)C3(c4ccc5c(c4)OCO5)CC3)n2)cc1.[HH]. The Bertz CT molecular complexity index is 1300. The van der Waals surface area contributed by atoms with Crippen LogP contribution in [-0.2, 0) is 21.5 Å². The van der Waals surface area contributed by atoms with Gasteiger partial charge in [0.05, 0.1) is 11.1 Å². The lowest BCUT2D eigenvalue weighted by atomic mass is 9.94. The number of amides is 2. The molecule has 1 aromatic heterocycles. The van der Waals surface area contributed by atoms with Crippen molar-refractivity contribution in [3.63, 3.8) is 0 Å². The van der Waals surface area contributed by atoms with E-state index >= 15 is 0 Å². The van der Waals surface area contributed by atoms with Crippen molar-refractivity contribution in [2.45, 2.75) is 51.2 Å². The first-order valence-corrected chi connectivity index (χ1v) is 12.0. The zero-order valence-corrected chi connectivity index (χ0v) is 20.6. The van der Waals surface area contributed by atoms with Crippen molar-refractivity contribution >= 4 is 17.8 Å². The van der Waals surface area contributed by atoms with Crippen LogP contribution < -0.4 is 20.1 Å². The van der Waals surface area contributed by atoms with Crippen LogP contribution in [0.5, 0.6) is 11.5 Å². The number of anilines is 1. The monoisotopic (exact) mass is 489 g/mol. The summed E-state index contributed by atoms with van der Waals surface area (Å²) in [5.41, 5.74) is 2.41. The number of alkyl carbamates (subject to hydrolysis) is 1. The second-order valence-corrected chi connectivity index (χ2v) is 10.1. The fraction of sp³-hybridized carbons (Fsp3) is 0.321. The molecule has 0 unspecified atom stereocenters. The van der Waals surface area contributed by atoms with Crippen molar-refractivity contribution in [1.29, 1.82) is 0 Å². The third-order valence-corrected chi connectivity index (χ3v) is 6.19. The summed E-state index contributed by atoms with van der Waals surface area (Å²) in [4.78, 5) is 29.8. The van der Waals surface area contributed by atoms with Crippen molar-refractivity contribution in [2.24, 2.45) is 0 Å². The van der Waals surface area contributed by atoms with Gasteiger partial charge in [-0.05, 0) is 69.0 Å². The Hall–Kier alpha value is -4.07. The van der Waals surface area contributed by atoms with Gasteiger partial charge in [-0.1, -0.05) is 36.4 Å². The molecule has 0 atom stereocenters. The minimum absolute atomic E-state index is 0. The minimum atomic E-state index is -0.568. The fourth-order valence-corrected chi connectivity index (χ4v) is 4.15. The van der Waals surface area contributed by atoms with Crippen molar-refractivity contribution in [2.75, 3.05) is 12.1 Å². The molecule has 2 heterocycles. The summed E-state index contributed by atoms with van der Waals surface area (Å²) in [6.45, 7) is 6.04. The molecule has 188 valence electrons. The van der Waals surface area contributed by atoms with Crippen LogP contribution in [0.4, 0.5) is 10.6 Å². The van der Waals surface area contributed by atoms with Gasteiger partial charge in [-0.2, -0.15) is 0 Å². The predicted octanol–water partition coefficient (Wildman–Crippen LogP) is 5.42. The van der Waals surface area contributed by atoms with Crippen molar-refractivity contribution in [3.8, 4) is 22.8 Å². The third kappa shape index (κ3) is 5.12. The number of hydrogen-bond acceptors (Lipinski definition) is 6. The predicted molar refractivity (Wildman–Crippen MR) is 137 cm³/mol. The molecule has 0 bridgehead atoms. The molecule has 0 saturated heterocycles. The molecule has 2 aliphatic rings. The summed E-state index contributed by atoms with van der Waals surface area (Å²) >= 11 is 0. The van der Waals surface area contributed by atoms with Crippen LogP contribution in [0.25, 0.3) is 11.3 Å². The first-order valence-electron chi connectivity index (χ1n) is 12.0. The second kappa shape index (κ2) is 9.18. The molecule has 5 rings (SSSR count). The number of benzene rings is 2. The molecule has 8 nitrogen and oxygen atoms in total. The van der Waals surface area contributed by atoms with Crippen LogP contribution in [0.15, 0.2) is 60.7 Å². The molecule has 2 aromatic carbocycles. The smallest absolute Gasteiger partial charge is 0.407 e. The molecule has 0 spiro atoms. The Morgan fingerprint density at radius 3 is 2.50 bits per heavy atom. The standard InChI is InChI=1S/C28H29N3O5.H2/c1-27(2,3)36-26(33)29-16-18-7-9-19(10-8-18)21-5-4-6-24(30-21)31-25(32)28(13-14-28)20-11-12-22-23(15-20)35-17-34-22;/h4-12,15H,13-14,16-17H2,1-3H3,(H,29,33)(H,30,31,32);1H. The normalized spacial score (nSPS) is 15.2. The van der Waals surface area contributed by atoms with Crippen LogP contribution in [0.3, 0.4) is 0 Å². The fourth-order valence-electron chi connectivity index (χ4n) is 4.15. The maximum atomic E-state index is 13.2. The molecule has 2 N–H and O–H groups in total. The summed E-state index contributed by atoms with van der Waals surface area (Å²) in [6, 6.07) is 19.0. The Kier molecular flexibility index (Phi) is 6.04. The highest BCUT2D eigenvalue weighted by Gasteiger charge is 2.51. The zero-order valence-electron chi connectivity index (χ0n) is 20.6. The lowest BCUT2D eigenvalue weighted by molar-refractivity contribution is -0.118. The van der Waals surface area contributed by atoms with Gasteiger partial charge in [0.1, 0.15) is 11.4 Å². The number of pyridine rings is 1. The van der Waals surface area contributed by atoms with Gasteiger partial charge < -0.3 is 24.8 Å². The molecule has 1 saturated carbocycles. The Morgan fingerprint density at radius 1 is 1.03 bits per heavy atom. The molecule has 3 aromatic rings. The number of fused-ring (bicyclic) bond motifs is 1. The van der Waals surface area contributed by atoms with E-state index in [-0.39, 0.29) is 14.1 Å². The highest BCUT2D eigenvalue weighted by atomic mass is 16.7. The quantitative estimate of drug-likeness (QED) is 0.480. The maximum Gasteiger partial charge on any atom is 0.407 e. The molecule has 8 heteroatoms. The van der Waals surface area contributed by atoms with Crippen molar-refractivity contribution < 1.29 is 25.2 Å². The maximum absolute atomic E-state index is 13.2. The van der Waals surface area contributed by atoms with E-state index in [1.807, 2.05) is 75.4 Å². The van der Waals surface area contributed by atoms with Gasteiger partial charge in [0.2, 0.25) is 12.7 Å². The van der Waals surface area contributed by atoms with Crippen LogP contribution in [0.1, 0.15) is 46.2 Å². The molecule has 1 aliphatic heterocycles. The molecule has 36 heavy (non-hydrogen) atoms. The Balaban J connectivity index is 0.00000320. The van der Waals surface area contributed by atoms with Gasteiger partial charge in [0, 0.05) is 13.5 Å². The average molecular weight is 490 g/mol. The number of carbonyl (C=O) groups excluding carboxylic acids is 2. The third-order valence-electron chi connectivity index (χ3n) is 6.19.